The fraction of sp³-hybridized carbons (Fsp3) is 0.615. The van der Waals surface area contributed by atoms with Gasteiger partial charge in [0.25, 0.3) is 0 Å². The Labute approximate surface area is 107 Å². The Bertz CT molecular complexity index is 342. The third-order valence-corrected chi connectivity index (χ3v) is 3.20. The summed E-state index contributed by atoms with van der Waals surface area (Å²) in [5.74, 6) is 1.20. The normalized spacial score (nSPS) is 17.1. The summed E-state index contributed by atoms with van der Waals surface area (Å²) < 4.78 is 11.2. The zero-order valence-corrected chi connectivity index (χ0v) is 10.9. The van der Waals surface area contributed by atoms with Crippen molar-refractivity contribution in [2.45, 2.75) is 38.2 Å². The summed E-state index contributed by atoms with van der Waals surface area (Å²) in [7, 11) is 0. The van der Waals surface area contributed by atoms with Gasteiger partial charge >= 0.3 is 0 Å². The van der Waals surface area contributed by atoms with Gasteiger partial charge in [-0.1, -0.05) is 6.92 Å². The van der Waals surface area contributed by atoms with Crippen LogP contribution in [0.25, 0.3) is 0 Å². The van der Waals surface area contributed by atoms with Gasteiger partial charge in [-0.25, -0.2) is 4.98 Å². The van der Waals surface area contributed by atoms with Crippen LogP contribution < -0.4 is 4.74 Å². The monoisotopic (exact) mass is 255 g/mol. The van der Waals surface area contributed by atoms with E-state index in [4.69, 9.17) is 21.1 Å². The molecule has 3 nitrogen and oxygen atoms in total. The van der Waals surface area contributed by atoms with Crippen LogP contribution in [0.15, 0.2) is 12.1 Å². The molecule has 94 valence electrons. The molecule has 2 heterocycles. The Kier molecular flexibility index (Phi) is 4.63. The fourth-order valence-corrected chi connectivity index (χ4v) is 2.06. The maximum atomic E-state index is 5.89. The van der Waals surface area contributed by atoms with Gasteiger partial charge in [-0.15, -0.1) is 11.6 Å². The molecule has 0 unspecified atom stereocenters. The summed E-state index contributed by atoms with van der Waals surface area (Å²) >= 11 is 5.87. The number of aryl methyl sites for hydroxylation is 1. The standard InChI is InChI=1S/C13H18ClNO2/c1-2-11-7-10(9-14)8-13(15-11)17-12-3-5-16-6-4-12/h7-8,12H,2-6,9H2,1H3. The highest BCUT2D eigenvalue weighted by Crippen LogP contribution is 2.19. The lowest BCUT2D eigenvalue weighted by Gasteiger charge is -2.23. The summed E-state index contributed by atoms with van der Waals surface area (Å²) in [5, 5.41) is 0. The van der Waals surface area contributed by atoms with Crippen LogP contribution >= 0.6 is 11.6 Å². The van der Waals surface area contributed by atoms with E-state index in [9.17, 15) is 0 Å². The lowest BCUT2D eigenvalue weighted by atomic mass is 10.1. The third kappa shape index (κ3) is 3.58. The first kappa shape index (κ1) is 12.7. The topological polar surface area (TPSA) is 31.4 Å². The second-order valence-electron chi connectivity index (χ2n) is 4.22. The van der Waals surface area contributed by atoms with Crippen molar-refractivity contribution in [3.8, 4) is 5.88 Å². The Balaban J connectivity index is 2.07. The summed E-state index contributed by atoms with van der Waals surface area (Å²) in [6.07, 6.45) is 3.00. The van der Waals surface area contributed by atoms with Gasteiger partial charge in [0.05, 0.1) is 13.2 Å². The van der Waals surface area contributed by atoms with Crippen molar-refractivity contribution in [2.24, 2.45) is 0 Å². The lowest BCUT2D eigenvalue weighted by Crippen LogP contribution is -2.26. The van der Waals surface area contributed by atoms with Crippen molar-refractivity contribution >= 4 is 11.6 Å². The number of hydrogen-bond donors (Lipinski definition) is 0. The molecule has 0 radical (unpaired) electrons. The summed E-state index contributed by atoms with van der Waals surface area (Å²) in [6, 6.07) is 3.96. The van der Waals surface area contributed by atoms with Crippen molar-refractivity contribution in [1.29, 1.82) is 0 Å². The van der Waals surface area contributed by atoms with Crippen LogP contribution in [0.5, 0.6) is 5.88 Å². The van der Waals surface area contributed by atoms with Crippen molar-refractivity contribution in [3.63, 3.8) is 0 Å². The van der Waals surface area contributed by atoms with Crippen LogP contribution in [0, 0.1) is 0 Å². The minimum absolute atomic E-state index is 0.228. The quantitative estimate of drug-likeness (QED) is 0.776. The van der Waals surface area contributed by atoms with Crippen LogP contribution in [0.4, 0.5) is 0 Å². The third-order valence-electron chi connectivity index (χ3n) is 2.89. The molecule has 1 aliphatic rings. The molecule has 2 rings (SSSR count). The van der Waals surface area contributed by atoms with Crippen LogP contribution in [-0.4, -0.2) is 24.3 Å². The van der Waals surface area contributed by atoms with E-state index in [0.29, 0.717) is 11.8 Å². The molecule has 0 bridgehead atoms. The van der Waals surface area contributed by atoms with E-state index in [1.807, 2.05) is 12.1 Å². The number of nitrogens with zero attached hydrogens (tertiary/aromatic N) is 1. The van der Waals surface area contributed by atoms with Crippen LogP contribution in [-0.2, 0) is 17.0 Å². The molecule has 1 aromatic rings. The summed E-state index contributed by atoms with van der Waals surface area (Å²) in [5.41, 5.74) is 2.10. The van der Waals surface area contributed by atoms with E-state index in [-0.39, 0.29) is 6.10 Å². The lowest BCUT2D eigenvalue weighted by molar-refractivity contribution is 0.0236. The summed E-state index contributed by atoms with van der Waals surface area (Å²) in [4.78, 5) is 4.47. The maximum absolute atomic E-state index is 5.89. The van der Waals surface area contributed by atoms with Crippen LogP contribution in [0.3, 0.4) is 0 Å². The molecule has 0 saturated carbocycles. The smallest absolute Gasteiger partial charge is 0.214 e. The number of ether oxygens (including phenoxy) is 2. The van der Waals surface area contributed by atoms with E-state index in [0.717, 1.165) is 43.7 Å². The summed E-state index contributed by atoms with van der Waals surface area (Å²) in [6.45, 7) is 3.64. The highest BCUT2D eigenvalue weighted by molar-refractivity contribution is 6.17. The van der Waals surface area contributed by atoms with Gasteiger partial charge in [0.2, 0.25) is 5.88 Å². The van der Waals surface area contributed by atoms with E-state index in [1.54, 1.807) is 0 Å². The highest BCUT2D eigenvalue weighted by Gasteiger charge is 2.16. The van der Waals surface area contributed by atoms with Gasteiger partial charge < -0.3 is 9.47 Å². The van der Waals surface area contributed by atoms with E-state index in [2.05, 4.69) is 11.9 Å². The first-order valence-corrected chi connectivity index (χ1v) is 6.65. The number of hydrogen-bond acceptors (Lipinski definition) is 3. The molecular formula is C13H18ClNO2. The molecule has 0 spiro atoms. The molecule has 0 amide bonds. The predicted molar refractivity (Wildman–Crippen MR) is 67.6 cm³/mol. The van der Waals surface area contributed by atoms with Crippen LogP contribution in [0.2, 0.25) is 0 Å². The Hall–Kier alpha value is -0.800. The van der Waals surface area contributed by atoms with Crippen molar-refractivity contribution in [3.05, 3.63) is 23.4 Å². The molecular weight excluding hydrogens is 238 g/mol. The van der Waals surface area contributed by atoms with Gasteiger partial charge in [-0.05, 0) is 18.1 Å². The Morgan fingerprint density at radius 3 is 2.82 bits per heavy atom. The predicted octanol–water partition coefficient (Wildman–Crippen LogP) is 2.94. The minimum Gasteiger partial charge on any atom is -0.474 e. The number of halogens is 1. The Morgan fingerprint density at radius 1 is 1.41 bits per heavy atom. The minimum atomic E-state index is 0.228. The van der Waals surface area contributed by atoms with Gasteiger partial charge in [0.1, 0.15) is 6.10 Å². The molecule has 0 aliphatic carbocycles. The molecule has 0 aromatic carbocycles. The van der Waals surface area contributed by atoms with E-state index < -0.39 is 0 Å². The zero-order chi connectivity index (χ0) is 12.1. The highest BCUT2D eigenvalue weighted by atomic mass is 35.5. The SMILES string of the molecule is CCc1cc(CCl)cc(OC2CCOCC2)n1. The molecule has 1 fully saturated rings. The zero-order valence-electron chi connectivity index (χ0n) is 10.1. The Morgan fingerprint density at radius 2 is 2.18 bits per heavy atom. The number of aromatic nitrogens is 1. The molecule has 1 saturated heterocycles. The number of rotatable bonds is 4. The number of pyridine rings is 1. The largest absolute Gasteiger partial charge is 0.474 e. The van der Waals surface area contributed by atoms with Gasteiger partial charge in [0.15, 0.2) is 0 Å². The molecule has 1 aliphatic heterocycles. The van der Waals surface area contributed by atoms with Gasteiger partial charge in [-0.2, -0.15) is 0 Å². The van der Waals surface area contributed by atoms with E-state index in [1.165, 1.54) is 0 Å². The number of alkyl halides is 1. The van der Waals surface area contributed by atoms with Crippen molar-refractivity contribution in [1.82, 2.24) is 4.98 Å². The molecule has 0 N–H and O–H groups in total. The average Bonchev–Trinajstić information content (AvgIpc) is 2.39. The second-order valence-corrected chi connectivity index (χ2v) is 4.49. The first-order chi connectivity index (χ1) is 8.31. The van der Waals surface area contributed by atoms with Gasteiger partial charge in [-0.3, -0.25) is 0 Å². The van der Waals surface area contributed by atoms with Crippen LogP contribution in [0.1, 0.15) is 31.0 Å². The van der Waals surface area contributed by atoms with Crippen molar-refractivity contribution < 1.29 is 9.47 Å². The molecule has 0 atom stereocenters. The molecule has 4 heteroatoms. The second kappa shape index (κ2) is 6.22. The van der Waals surface area contributed by atoms with E-state index >= 15 is 0 Å². The fourth-order valence-electron chi connectivity index (χ4n) is 1.90. The molecule has 17 heavy (non-hydrogen) atoms. The van der Waals surface area contributed by atoms with Gasteiger partial charge in [0, 0.05) is 30.5 Å². The average molecular weight is 256 g/mol. The van der Waals surface area contributed by atoms with Crippen molar-refractivity contribution in [2.75, 3.05) is 13.2 Å². The first-order valence-electron chi connectivity index (χ1n) is 6.12. The molecule has 1 aromatic heterocycles. The maximum Gasteiger partial charge on any atom is 0.214 e.